The number of carbonyl (C=O) groups excluding carboxylic acids is 2. The van der Waals surface area contributed by atoms with Gasteiger partial charge in [-0.2, -0.15) is 0 Å². The number of ether oxygens (including phenoxy) is 1. The SMILES string of the molecule is Cc1ccc(OCC(=O)NNC=O)c(Br)c1. The summed E-state index contributed by atoms with van der Waals surface area (Å²) in [6.07, 6.45) is 0.375. The second kappa shape index (κ2) is 6.12. The lowest BCUT2D eigenvalue weighted by molar-refractivity contribution is -0.126. The largest absolute Gasteiger partial charge is 0.483 e. The van der Waals surface area contributed by atoms with Crippen LogP contribution in [0.15, 0.2) is 22.7 Å². The highest BCUT2D eigenvalue weighted by molar-refractivity contribution is 9.10. The first-order valence-electron chi connectivity index (χ1n) is 4.50. The maximum atomic E-state index is 11.1. The molecule has 2 N–H and O–H groups in total. The van der Waals surface area contributed by atoms with Crippen LogP contribution in [-0.4, -0.2) is 18.9 Å². The molecule has 1 rings (SSSR count). The van der Waals surface area contributed by atoms with Gasteiger partial charge in [0.05, 0.1) is 4.47 Å². The molecule has 0 saturated carbocycles. The summed E-state index contributed by atoms with van der Waals surface area (Å²) in [5, 5.41) is 0. The van der Waals surface area contributed by atoms with Crippen molar-refractivity contribution in [2.24, 2.45) is 0 Å². The van der Waals surface area contributed by atoms with E-state index in [0.717, 1.165) is 10.0 Å². The number of halogens is 1. The first-order valence-corrected chi connectivity index (χ1v) is 5.29. The van der Waals surface area contributed by atoms with E-state index in [2.05, 4.69) is 21.4 Å². The third kappa shape index (κ3) is 3.90. The average Bonchev–Trinajstić information content (AvgIpc) is 2.25. The Morgan fingerprint density at radius 2 is 2.31 bits per heavy atom. The van der Waals surface area contributed by atoms with Crippen LogP contribution in [0.25, 0.3) is 0 Å². The molecule has 0 aliphatic rings. The number of carbonyl (C=O) groups is 2. The molecule has 1 aromatic carbocycles. The van der Waals surface area contributed by atoms with Crippen LogP contribution in [0.1, 0.15) is 5.56 Å². The van der Waals surface area contributed by atoms with Gasteiger partial charge in [0.15, 0.2) is 6.61 Å². The smallest absolute Gasteiger partial charge is 0.276 e. The van der Waals surface area contributed by atoms with Crippen molar-refractivity contribution >= 4 is 28.2 Å². The summed E-state index contributed by atoms with van der Waals surface area (Å²) >= 11 is 3.32. The van der Waals surface area contributed by atoms with E-state index >= 15 is 0 Å². The summed E-state index contributed by atoms with van der Waals surface area (Å²) in [6.45, 7) is 1.79. The van der Waals surface area contributed by atoms with Crippen LogP contribution in [0.5, 0.6) is 5.75 Å². The maximum Gasteiger partial charge on any atom is 0.276 e. The highest BCUT2D eigenvalue weighted by Gasteiger charge is 2.04. The van der Waals surface area contributed by atoms with Gasteiger partial charge in [0.2, 0.25) is 6.41 Å². The molecule has 0 unspecified atom stereocenters. The van der Waals surface area contributed by atoms with Crippen LogP contribution in [0.2, 0.25) is 0 Å². The zero-order valence-electron chi connectivity index (χ0n) is 8.62. The zero-order chi connectivity index (χ0) is 12.0. The molecule has 6 heteroatoms. The molecule has 0 aliphatic heterocycles. The topological polar surface area (TPSA) is 67.4 Å². The van der Waals surface area contributed by atoms with Crippen molar-refractivity contribution in [3.8, 4) is 5.75 Å². The molecule has 86 valence electrons. The van der Waals surface area contributed by atoms with Crippen LogP contribution >= 0.6 is 15.9 Å². The Hall–Kier alpha value is -1.56. The zero-order valence-corrected chi connectivity index (χ0v) is 10.2. The Morgan fingerprint density at radius 3 is 2.94 bits per heavy atom. The molecule has 0 aliphatic carbocycles. The van der Waals surface area contributed by atoms with Gasteiger partial charge in [0.25, 0.3) is 5.91 Å². The molecule has 0 atom stereocenters. The fourth-order valence-corrected chi connectivity index (χ4v) is 1.62. The second-order valence-electron chi connectivity index (χ2n) is 3.03. The third-order valence-electron chi connectivity index (χ3n) is 1.72. The van der Waals surface area contributed by atoms with Crippen molar-refractivity contribution in [3.05, 3.63) is 28.2 Å². The quantitative estimate of drug-likeness (QED) is 0.625. The fraction of sp³-hybridized carbons (Fsp3) is 0.200. The van der Waals surface area contributed by atoms with Gasteiger partial charge in [-0.1, -0.05) is 6.07 Å². The van der Waals surface area contributed by atoms with Crippen molar-refractivity contribution in [1.82, 2.24) is 10.9 Å². The number of rotatable bonds is 5. The summed E-state index contributed by atoms with van der Waals surface area (Å²) in [6, 6.07) is 5.53. The van der Waals surface area contributed by atoms with Gasteiger partial charge < -0.3 is 4.74 Å². The minimum absolute atomic E-state index is 0.164. The van der Waals surface area contributed by atoms with Crippen molar-refractivity contribution < 1.29 is 14.3 Å². The highest BCUT2D eigenvalue weighted by atomic mass is 79.9. The van der Waals surface area contributed by atoms with Crippen LogP contribution in [-0.2, 0) is 9.59 Å². The Kier molecular flexibility index (Phi) is 4.78. The Morgan fingerprint density at radius 1 is 1.56 bits per heavy atom. The van der Waals surface area contributed by atoms with Gasteiger partial charge in [-0.15, -0.1) is 0 Å². The molecule has 0 saturated heterocycles. The van der Waals surface area contributed by atoms with Crippen molar-refractivity contribution in [1.29, 1.82) is 0 Å². The summed E-state index contributed by atoms with van der Waals surface area (Å²) in [5.74, 6) is 0.145. The lowest BCUT2D eigenvalue weighted by Crippen LogP contribution is -2.39. The van der Waals surface area contributed by atoms with Crippen molar-refractivity contribution in [2.45, 2.75) is 6.92 Å². The average molecular weight is 287 g/mol. The predicted molar refractivity (Wildman–Crippen MR) is 61.7 cm³/mol. The lowest BCUT2D eigenvalue weighted by atomic mass is 10.2. The standard InChI is InChI=1S/C10H11BrN2O3/c1-7-2-3-9(8(11)4-7)16-5-10(15)13-12-6-14/h2-4,6H,5H2,1H3,(H,12,14)(H,13,15). The second-order valence-corrected chi connectivity index (χ2v) is 3.89. The molecule has 0 bridgehead atoms. The molecular formula is C10H11BrN2O3. The molecule has 2 amide bonds. The highest BCUT2D eigenvalue weighted by Crippen LogP contribution is 2.25. The van der Waals surface area contributed by atoms with E-state index in [0.29, 0.717) is 12.2 Å². The fourth-order valence-electron chi connectivity index (χ4n) is 1.01. The number of nitrogens with one attached hydrogen (secondary N) is 2. The number of amides is 2. The number of benzene rings is 1. The van der Waals surface area contributed by atoms with Crippen LogP contribution in [0, 0.1) is 6.92 Å². The summed E-state index contributed by atoms with van der Waals surface area (Å²) in [5.41, 5.74) is 5.26. The third-order valence-corrected chi connectivity index (χ3v) is 2.34. The molecule has 0 radical (unpaired) electrons. The first kappa shape index (κ1) is 12.5. The lowest BCUT2D eigenvalue weighted by Gasteiger charge is -2.08. The molecule has 0 fully saturated rings. The number of aryl methyl sites for hydroxylation is 1. The van der Waals surface area contributed by atoms with E-state index in [1.165, 1.54) is 0 Å². The van der Waals surface area contributed by atoms with E-state index < -0.39 is 5.91 Å². The first-order chi connectivity index (χ1) is 7.63. The molecular weight excluding hydrogens is 276 g/mol. The summed E-state index contributed by atoms with van der Waals surface area (Å²) in [4.78, 5) is 21.0. The van der Waals surface area contributed by atoms with Crippen molar-refractivity contribution in [2.75, 3.05) is 6.61 Å². The molecule has 5 nitrogen and oxygen atoms in total. The normalized spacial score (nSPS) is 9.38. The van der Waals surface area contributed by atoms with Gasteiger partial charge in [-0.05, 0) is 40.5 Å². The Balaban J connectivity index is 2.48. The van der Waals surface area contributed by atoms with E-state index in [-0.39, 0.29) is 6.61 Å². The van der Waals surface area contributed by atoms with Gasteiger partial charge in [-0.25, -0.2) is 0 Å². The van der Waals surface area contributed by atoms with Crippen LogP contribution in [0.3, 0.4) is 0 Å². The minimum atomic E-state index is -0.431. The van der Waals surface area contributed by atoms with Gasteiger partial charge >= 0.3 is 0 Å². The minimum Gasteiger partial charge on any atom is -0.483 e. The maximum absolute atomic E-state index is 11.1. The van der Waals surface area contributed by atoms with Crippen LogP contribution < -0.4 is 15.6 Å². The Bertz CT molecular complexity index is 396. The molecule has 0 spiro atoms. The molecule has 0 aromatic heterocycles. The summed E-state index contributed by atoms with van der Waals surface area (Å²) < 4.78 is 6.02. The van der Waals surface area contributed by atoms with Gasteiger partial charge in [0, 0.05) is 0 Å². The molecule has 0 heterocycles. The van der Waals surface area contributed by atoms with Crippen LogP contribution in [0.4, 0.5) is 0 Å². The monoisotopic (exact) mass is 286 g/mol. The van der Waals surface area contributed by atoms with Gasteiger partial charge in [-0.3, -0.25) is 20.4 Å². The van der Waals surface area contributed by atoms with E-state index in [4.69, 9.17) is 4.74 Å². The van der Waals surface area contributed by atoms with E-state index in [9.17, 15) is 9.59 Å². The Labute approximate surface area is 101 Å². The number of hydrogen-bond donors (Lipinski definition) is 2. The molecule has 16 heavy (non-hydrogen) atoms. The van der Waals surface area contributed by atoms with Gasteiger partial charge in [0.1, 0.15) is 5.75 Å². The van der Waals surface area contributed by atoms with E-state index in [1.54, 1.807) is 6.07 Å². The molecule has 1 aromatic rings. The summed E-state index contributed by atoms with van der Waals surface area (Å²) in [7, 11) is 0. The predicted octanol–water partition coefficient (Wildman–Crippen LogP) is 0.914. The number of hydrogen-bond acceptors (Lipinski definition) is 3. The number of hydrazine groups is 1. The van der Waals surface area contributed by atoms with E-state index in [1.807, 2.05) is 24.5 Å². The van der Waals surface area contributed by atoms with Crippen molar-refractivity contribution in [3.63, 3.8) is 0 Å².